The molecule has 3 nitrogen and oxygen atoms in total. The molecule has 0 spiro atoms. The van der Waals surface area contributed by atoms with Gasteiger partial charge in [-0.1, -0.05) is 74.5 Å². The van der Waals surface area contributed by atoms with Crippen molar-refractivity contribution in [3.63, 3.8) is 0 Å². The van der Waals surface area contributed by atoms with Crippen molar-refractivity contribution in [3.8, 4) is 0 Å². The zero-order valence-corrected chi connectivity index (χ0v) is 22.4. The molecule has 0 N–H and O–H groups in total. The Kier molecular flexibility index (Phi) is 6.27. The third-order valence-electron chi connectivity index (χ3n) is 11.4. The van der Waals surface area contributed by atoms with Gasteiger partial charge in [0, 0.05) is 19.5 Å². The van der Waals surface area contributed by atoms with Crippen LogP contribution in [-0.2, 0) is 9.53 Å². The molecule has 0 bridgehead atoms. The fourth-order valence-corrected chi connectivity index (χ4v) is 9.39. The van der Waals surface area contributed by atoms with E-state index >= 15 is 0 Å². The molecule has 3 aliphatic carbocycles. The lowest BCUT2D eigenvalue weighted by Gasteiger charge is -2.61. The average Bonchev–Trinajstić information content (AvgIpc) is 3.24. The number of piperidine rings is 1. The van der Waals surface area contributed by atoms with E-state index in [0.29, 0.717) is 28.7 Å². The number of hydrogen-bond acceptors (Lipinski definition) is 2. The van der Waals surface area contributed by atoms with Crippen LogP contribution in [-0.4, -0.2) is 30.5 Å². The Morgan fingerprint density at radius 2 is 1.47 bits per heavy atom. The van der Waals surface area contributed by atoms with E-state index in [1.807, 2.05) is 0 Å². The van der Waals surface area contributed by atoms with Crippen LogP contribution in [0.5, 0.6) is 0 Å². The van der Waals surface area contributed by atoms with Gasteiger partial charge in [0.2, 0.25) is 5.91 Å². The van der Waals surface area contributed by atoms with Gasteiger partial charge in [0.05, 0.1) is 6.61 Å². The van der Waals surface area contributed by atoms with Crippen molar-refractivity contribution in [1.29, 1.82) is 0 Å². The molecule has 1 heterocycles. The predicted octanol–water partition coefficient (Wildman–Crippen LogP) is 7.27. The number of carbonyl (C=O) groups excluding carboxylic acids is 1. The molecule has 0 radical (unpaired) electrons. The largest absolute Gasteiger partial charge is 0.368 e. The third-order valence-corrected chi connectivity index (χ3v) is 11.4. The van der Waals surface area contributed by atoms with Crippen LogP contribution < -0.4 is 0 Å². The van der Waals surface area contributed by atoms with Crippen LogP contribution in [0.25, 0.3) is 0 Å². The van der Waals surface area contributed by atoms with Crippen molar-refractivity contribution < 1.29 is 9.53 Å². The van der Waals surface area contributed by atoms with Crippen LogP contribution in [0.3, 0.4) is 0 Å². The van der Waals surface area contributed by atoms with E-state index in [0.717, 1.165) is 37.2 Å². The molecular weight excluding hydrogens is 442 g/mol. The van der Waals surface area contributed by atoms with Crippen LogP contribution in [0, 0.1) is 34.5 Å². The average molecular weight is 486 g/mol. The van der Waals surface area contributed by atoms with Gasteiger partial charge in [-0.25, -0.2) is 0 Å². The predicted molar refractivity (Wildman–Crippen MR) is 144 cm³/mol. The maximum atomic E-state index is 12.5. The summed E-state index contributed by atoms with van der Waals surface area (Å²) in [7, 11) is 2.07. The number of amides is 1. The molecule has 2 aromatic rings. The van der Waals surface area contributed by atoms with Crippen molar-refractivity contribution in [2.75, 3.05) is 13.7 Å². The second-order valence-corrected chi connectivity index (χ2v) is 12.8. The summed E-state index contributed by atoms with van der Waals surface area (Å²) in [5.41, 5.74) is 3.16. The fraction of sp³-hybridized carbons (Fsp3) is 0.606. The van der Waals surface area contributed by atoms with Gasteiger partial charge in [0.15, 0.2) is 0 Å². The number of nitrogens with zero attached hydrogens (tertiary/aromatic N) is 1. The summed E-state index contributed by atoms with van der Waals surface area (Å²) < 4.78 is 6.84. The molecule has 3 saturated carbocycles. The molecule has 1 aliphatic heterocycles. The Balaban J connectivity index is 1.20. The van der Waals surface area contributed by atoms with Gasteiger partial charge in [0.25, 0.3) is 0 Å². The number of ether oxygens (including phenoxy) is 1. The highest BCUT2D eigenvalue weighted by Crippen LogP contribution is 2.66. The number of hydrogen-bond donors (Lipinski definition) is 0. The summed E-state index contributed by atoms with van der Waals surface area (Å²) in [6, 6.07) is 21.9. The van der Waals surface area contributed by atoms with E-state index in [2.05, 4.69) is 86.5 Å². The normalized spacial score (nSPS) is 37.9. The summed E-state index contributed by atoms with van der Waals surface area (Å²) in [5.74, 6) is 3.37. The van der Waals surface area contributed by atoms with Gasteiger partial charge in [-0.3, -0.25) is 4.79 Å². The van der Waals surface area contributed by atoms with Gasteiger partial charge < -0.3 is 9.64 Å². The lowest BCUT2D eigenvalue weighted by molar-refractivity contribution is -0.159. The quantitative estimate of drug-likeness (QED) is 0.446. The Morgan fingerprint density at radius 3 is 2.14 bits per heavy atom. The van der Waals surface area contributed by atoms with Crippen LogP contribution in [0.1, 0.15) is 82.4 Å². The minimum atomic E-state index is -0.00366. The first-order valence-corrected chi connectivity index (χ1v) is 14.4. The molecule has 2 aromatic carbocycles. The number of fused-ring (bicyclic) bond motifs is 5. The molecule has 1 saturated heterocycles. The van der Waals surface area contributed by atoms with E-state index in [1.54, 1.807) is 0 Å². The number of benzene rings is 2. The summed E-state index contributed by atoms with van der Waals surface area (Å²) >= 11 is 0. The molecule has 1 unspecified atom stereocenters. The van der Waals surface area contributed by atoms with Crippen LogP contribution in [0.15, 0.2) is 60.7 Å². The first kappa shape index (κ1) is 24.2. The van der Waals surface area contributed by atoms with Crippen LogP contribution in [0.4, 0.5) is 0 Å². The zero-order valence-electron chi connectivity index (χ0n) is 22.4. The SMILES string of the molecule is CN1C(=O)CC[C@]2(C)[C@H]3CC[C@]4(C)C(COC(c5ccccc5)c5ccccc5)CC[C@H]4[C@@H]3CC[C@@H]12. The molecule has 3 heteroatoms. The summed E-state index contributed by atoms with van der Waals surface area (Å²) in [6.07, 6.45) is 9.60. The topological polar surface area (TPSA) is 29.5 Å². The third kappa shape index (κ3) is 3.85. The highest BCUT2D eigenvalue weighted by Gasteiger charge is 2.61. The molecule has 4 fully saturated rings. The minimum Gasteiger partial charge on any atom is -0.368 e. The number of carbonyl (C=O) groups is 1. The van der Waals surface area contributed by atoms with Gasteiger partial charge in [-0.2, -0.15) is 0 Å². The molecule has 192 valence electrons. The molecule has 36 heavy (non-hydrogen) atoms. The van der Waals surface area contributed by atoms with Gasteiger partial charge in [-0.05, 0) is 90.6 Å². The highest BCUT2D eigenvalue weighted by atomic mass is 16.5. The van der Waals surface area contributed by atoms with Crippen molar-refractivity contribution in [2.24, 2.45) is 34.5 Å². The molecule has 4 aliphatic rings. The smallest absolute Gasteiger partial charge is 0.222 e. The van der Waals surface area contributed by atoms with E-state index in [9.17, 15) is 4.79 Å². The lowest BCUT2D eigenvalue weighted by Crippen LogP contribution is -2.61. The van der Waals surface area contributed by atoms with Crippen molar-refractivity contribution in [2.45, 2.75) is 77.4 Å². The van der Waals surface area contributed by atoms with Crippen molar-refractivity contribution in [3.05, 3.63) is 71.8 Å². The monoisotopic (exact) mass is 485 g/mol. The highest BCUT2D eigenvalue weighted by molar-refractivity contribution is 5.77. The maximum Gasteiger partial charge on any atom is 0.222 e. The van der Waals surface area contributed by atoms with Crippen LogP contribution in [0.2, 0.25) is 0 Å². The molecule has 7 atom stereocenters. The Bertz CT molecular complexity index is 1030. The van der Waals surface area contributed by atoms with Crippen molar-refractivity contribution >= 4 is 5.91 Å². The van der Waals surface area contributed by atoms with Gasteiger partial charge in [-0.15, -0.1) is 0 Å². The first-order chi connectivity index (χ1) is 17.4. The standard InChI is InChI=1S/C33H43NO2/c1-32-20-18-28-26(15-17-29-33(28,2)21-19-30(35)34(29)3)27(32)16-14-25(32)22-36-31(23-10-6-4-7-11-23)24-12-8-5-9-13-24/h4-13,25-29,31H,14-22H2,1-3H3/t25?,26-,27-,28-,29+,32+,33+/m0/s1. The zero-order chi connectivity index (χ0) is 24.9. The van der Waals surface area contributed by atoms with E-state index < -0.39 is 0 Å². The minimum absolute atomic E-state index is 0.00366. The number of likely N-dealkylation sites (tertiary alicyclic amines) is 1. The number of rotatable bonds is 5. The second-order valence-electron chi connectivity index (χ2n) is 12.8. The Hall–Kier alpha value is -2.13. The Morgan fingerprint density at radius 1 is 0.833 bits per heavy atom. The molecule has 0 aromatic heterocycles. The second kappa shape index (κ2) is 9.31. The van der Waals surface area contributed by atoms with Gasteiger partial charge in [0.1, 0.15) is 6.10 Å². The fourth-order valence-electron chi connectivity index (χ4n) is 9.39. The van der Waals surface area contributed by atoms with Gasteiger partial charge >= 0.3 is 0 Å². The summed E-state index contributed by atoms with van der Waals surface area (Å²) in [4.78, 5) is 14.6. The summed E-state index contributed by atoms with van der Waals surface area (Å²) in [6.45, 7) is 5.97. The Labute approximate surface area is 217 Å². The van der Waals surface area contributed by atoms with E-state index in [-0.39, 0.29) is 6.10 Å². The maximum absolute atomic E-state index is 12.5. The lowest BCUT2D eigenvalue weighted by atomic mass is 9.47. The molecule has 1 amide bonds. The first-order valence-electron chi connectivity index (χ1n) is 14.4. The summed E-state index contributed by atoms with van der Waals surface area (Å²) in [5, 5.41) is 0. The van der Waals surface area contributed by atoms with Crippen molar-refractivity contribution in [1.82, 2.24) is 4.90 Å². The molecular formula is C33H43NO2. The van der Waals surface area contributed by atoms with Crippen LogP contribution >= 0.6 is 0 Å². The molecule has 6 rings (SSSR count). The van der Waals surface area contributed by atoms with E-state index in [1.165, 1.54) is 49.7 Å². The van der Waals surface area contributed by atoms with E-state index in [4.69, 9.17) is 4.74 Å².